The van der Waals surface area contributed by atoms with E-state index in [1.165, 1.54) is 38.6 Å². The van der Waals surface area contributed by atoms with Crippen LogP contribution >= 0.6 is 0 Å². The van der Waals surface area contributed by atoms with Crippen LogP contribution in [0.25, 0.3) is 138 Å². The van der Waals surface area contributed by atoms with Crippen molar-refractivity contribution in [1.29, 1.82) is 5.26 Å². The Hall–Kier alpha value is -14.4. The van der Waals surface area contributed by atoms with Gasteiger partial charge in [0, 0.05) is 28.4 Å². The fraction of sp³-hybridized carbons (Fsp3) is 0.0459. The van der Waals surface area contributed by atoms with E-state index in [9.17, 15) is 5.26 Å². The van der Waals surface area contributed by atoms with E-state index in [0.717, 1.165) is 151 Å². The van der Waals surface area contributed by atoms with E-state index < -0.39 is 5.92 Å². The van der Waals surface area contributed by atoms with Crippen molar-refractivity contribution in [2.75, 3.05) is 4.90 Å². The Morgan fingerprint density at radius 1 is 0.301 bits per heavy atom. The number of rotatable bonds is 14. The maximum absolute atomic E-state index is 10.3. The molecular formula is C109H76BN3. The molecule has 0 bridgehead atoms. The summed E-state index contributed by atoms with van der Waals surface area (Å²) >= 11 is 0. The summed E-state index contributed by atoms with van der Waals surface area (Å²) in [7, 11) is 0. The summed E-state index contributed by atoms with van der Waals surface area (Å²) in [4.78, 5) is 6.59. The van der Waals surface area contributed by atoms with Crippen molar-refractivity contribution in [3.05, 3.63) is 440 Å². The van der Waals surface area contributed by atoms with Crippen molar-refractivity contribution < 1.29 is 0 Å². The molecule has 1 unspecified atom stereocenters. The molecule has 0 saturated heterocycles. The smallest absolute Gasteiger partial charge is 0.247 e. The number of nitrogens with zero attached hydrogens (tertiary/aromatic N) is 3. The summed E-state index contributed by atoms with van der Waals surface area (Å²) in [6.07, 6.45) is 0. The van der Waals surface area contributed by atoms with E-state index in [2.05, 4.69) is 413 Å². The maximum Gasteiger partial charge on any atom is 0.247 e. The molecule has 0 radical (unpaired) electrons. The third-order valence-corrected chi connectivity index (χ3v) is 23.0. The molecule has 113 heavy (non-hydrogen) atoms. The fourth-order valence-corrected chi connectivity index (χ4v) is 17.4. The van der Waals surface area contributed by atoms with E-state index in [0.29, 0.717) is 11.3 Å². The van der Waals surface area contributed by atoms with Crippen molar-refractivity contribution in [3.63, 3.8) is 0 Å². The molecular weight excluding hydrogens is 1360 g/mol. The molecule has 0 spiro atoms. The molecule has 0 fully saturated rings. The van der Waals surface area contributed by atoms with Gasteiger partial charge in [-0.2, -0.15) is 5.26 Å². The average molecular weight is 1440 g/mol. The van der Waals surface area contributed by atoms with Gasteiger partial charge in [-0.15, -0.1) is 0 Å². The van der Waals surface area contributed by atoms with Crippen LogP contribution in [0.5, 0.6) is 0 Å². The largest absolute Gasteiger partial charge is 0.310 e. The summed E-state index contributed by atoms with van der Waals surface area (Å²) in [6.45, 7) is 15.0. The SMILES string of the molecule is [C-]#[N+]c1ccc(-c2cc(-c3cccc(-c4ccccc4)c3)c(N3c4ccc(-c5ccccc5)cc4B4c5cc(-c6ccccc6)ccc5C(c5c(-c6cccc(-c7ccccc7)c6)cc(-c6ccc(C#N)cc6)cc5-c5cccc(-c6ccccc6)c5)c5cc(C(C)(C)C)cc3c54)c(-c3cccc(-c4ccccc4)c3)c2)cc1. The zero-order valence-electron chi connectivity index (χ0n) is 63.1. The average Bonchev–Trinajstić information content (AvgIpc) is 0.685. The van der Waals surface area contributed by atoms with Crippen molar-refractivity contribution in [2.45, 2.75) is 32.1 Å². The summed E-state index contributed by atoms with van der Waals surface area (Å²) in [5, 5.41) is 10.3. The zero-order valence-corrected chi connectivity index (χ0v) is 63.1. The van der Waals surface area contributed by atoms with E-state index in [4.69, 9.17) is 6.57 Å². The van der Waals surface area contributed by atoms with Crippen LogP contribution in [-0.4, -0.2) is 6.71 Å². The molecule has 17 aromatic carbocycles. The van der Waals surface area contributed by atoms with Gasteiger partial charge in [-0.05, 0) is 234 Å². The highest BCUT2D eigenvalue weighted by molar-refractivity contribution is 6.99. The summed E-state index contributed by atoms with van der Waals surface area (Å²) in [5.74, 6) is -0.395. The Kier molecular flexibility index (Phi) is 17.8. The summed E-state index contributed by atoms with van der Waals surface area (Å²) < 4.78 is 0. The minimum Gasteiger partial charge on any atom is -0.310 e. The van der Waals surface area contributed by atoms with Crippen LogP contribution in [-0.2, 0) is 5.41 Å². The standard InChI is InChI=1S/C109H76BN3/c1-109(2,3)93-69-100-105(106-96(87-43-23-39-81(59-87)73-27-11-5-12-28-73)63-91(79-49-47-72(71-111)48-50-79)64-97(106)88-44-24-40-82(60-88)74-29-13-6-14-30-74)95-57-53-85(77-35-19-9-20-36-77)67-101(95)110-102-68-86(78-37-21-10-22-38-78)54-58-103(102)113(104(70-93)107(100)110)108-98(89-45-25-41-83(61-89)75-31-15-7-16-32-75)65-92(80-51-55-94(112-4)56-52-80)66-99(108)90-46-26-42-84(62-90)76-33-17-8-18-34-76/h5-70,105H,1-3H3. The second-order valence-corrected chi connectivity index (χ2v) is 30.8. The van der Waals surface area contributed by atoms with Crippen molar-refractivity contribution in [1.82, 2.24) is 0 Å². The lowest BCUT2D eigenvalue weighted by molar-refractivity contribution is 0.589. The van der Waals surface area contributed by atoms with Crippen molar-refractivity contribution in [3.8, 4) is 140 Å². The van der Waals surface area contributed by atoms with Gasteiger partial charge in [0.25, 0.3) is 0 Å². The van der Waals surface area contributed by atoms with E-state index >= 15 is 0 Å². The van der Waals surface area contributed by atoms with Gasteiger partial charge >= 0.3 is 0 Å². The lowest BCUT2D eigenvalue weighted by atomic mass is 9.30. The predicted molar refractivity (Wildman–Crippen MR) is 475 cm³/mol. The molecule has 4 heteroatoms. The van der Waals surface area contributed by atoms with Crippen LogP contribution in [0.15, 0.2) is 400 Å². The third kappa shape index (κ3) is 13.0. The Labute approximate surface area is 662 Å². The van der Waals surface area contributed by atoms with Gasteiger partial charge in [0.2, 0.25) is 6.71 Å². The van der Waals surface area contributed by atoms with Gasteiger partial charge in [-0.3, -0.25) is 0 Å². The Morgan fingerprint density at radius 3 is 1.04 bits per heavy atom. The molecule has 1 atom stereocenters. The van der Waals surface area contributed by atoms with E-state index in [1.54, 1.807) is 0 Å². The monoisotopic (exact) mass is 1440 g/mol. The number of fused-ring (bicyclic) bond motifs is 4. The fourth-order valence-electron chi connectivity index (χ4n) is 17.4. The molecule has 530 valence electrons. The first-order valence-electron chi connectivity index (χ1n) is 38.9. The predicted octanol–water partition coefficient (Wildman–Crippen LogP) is 27.2. The number of benzene rings is 17. The highest BCUT2D eigenvalue weighted by atomic mass is 15.2. The second kappa shape index (κ2) is 29.2. The van der Waals surface area contributed by atoms with Crippen LogP contribution in [0, 0.1) is 17.9 Å². The minimum atomic E-state index is -0.395. The lowest BCUT2D eigenvalue weighted by Crippen LogP contribution is -2.62. The molecule has 0 saturated carbocycles. The molecule has 0 aromatic heterocycles. The number of anilines is 3. The lowest BCUT2D eigenvalue weighted by Gasteiger charge is -2.45. The molecule has 3 nitrogen and oxygen atoms in total. The molecule has 0 N–H and O–H groups in total. The van der Waals surface area contributed by atoms with Crippen molar-refractivity contribution in [2.24, 2.45) is 0 Å². The molecule has 2 aliphatic rings. The quantitative estimate of drug-likeness (QED) is 0.0803. The van der Waals surface area contributed by atoms with E-state index in [-0.39, 0.29) is 12.1 Å². The highest BCUT2D eigenvalue weighted by Crippen LogP contribution is 2.55. The van der Waals surface area contributed by atoms with Crippen LogP contribution in [0.2, 0.25) is 0 Å². The first-order chi connectivity index (χ1) is 55.5. The Morgan fingerprint density at radius 2 is 0.637 bits per heavy atom. The van der Waals surface area contributed by atoms with Gasteiger partial charge in [0.15, 0.2) is 5.69 Å². The normalized spacial score (nSPS) is 12.6. The molecule has 0 aliphatic carbocycles. The first-order valence-corrected chi connectivity index (χ1v) is 38.9. The number of hydrogen-bond acceptors (Lipinski definition) is 2. The van der Waals surface area contributed by atoms with E-state index in [1.807, 2.05) is 24.3 Å². The van der Waals surface area contributed by atoms with Gasteiger partial charge in [0.1, 0.15) is 0 Å². The molecule has 2 heterocycles. The van der Waals surface area contributed by atoms with Crippen LogP contribution in [0.1, 0.15) is 54.5 Å². The minimum absolute atomic E-state index is 0.290. The van der Waals surface area contributed by atoms with Gasteiger partial charge in [-0.25, -0.2) is 4.85 Å². The van der Waals surface area contributed by atoms with Gasteiger partial charge in [-0.1, -0.05) is 354 Å². The van der Waals surface area contributed by atoms with Gasteiger partial charge < -0.3 is 4.90 Å². The first kappa shape index (κ1) is 69.1. The zero-order chi connectivity index (χ0) is 76.1. The van der Waals surface area contributed by atoms with Crippen LogP contribution in [0.4, 0.5) is 22.7 Å². The van der Waals surface area contributed by atoms with Crippen LogP contribution < -0.4 is 21.3 Å². The molecule has 17 aromatic rings. The molecule has 19 rings (SSSR count). The summed E-state index contributed by atoms with van der Waals surface area (Å²) in [6, 6.07) is 150. The van der Waals surface area contributed by atoms with Crippen LogP contribution in [0.3, 0.4) is 0 Å². The molecule has 0 amide bonds. The summed E-state index contributed by atoms with van der Waals surface area (Å²) in [5.41, 5.74) is 39.0. The number of nitriles is 1. The van der Waals surface area contributed by atoms with Crippen molar-refractivity contribution >= 4 is 45.9 Å². The second-order valence-electron chi connectivity index (χ2n) is 30.8. The Balaban J connectivity index is 0.992. The highest BCUT2D eigenvalue weighted by Gasteiger charge is 2.47. The topological polar surface area (TPSA) is 31.4 Å². The third-order valence-electron chi connectivity index (χ3n) is 23.0. The Bertz CT molecular complexity index is 5970. The maximum atomic E-state index is 10.3. The molecule has 2 aliphatic heterocycles. The van der Waals surface area contributed by atoms with Gasteiger partial charge in [0.05, 0.1) is 23.9 Å². The number of hydrogen-bond donors (Lipinski definition) is 0.